The van der Waals surface area contributed by atoms with Gasteiger partial charge in [-0.1, -0.05) is 196 Å². The van der Waals surface area contributed by atoms with E-state index in [1.54, 1.807) is 0 Å². The maximum absolute atomic E-state index is 6.96. The van der Waals surface area contributed by atoms with Crippen LogP contribution in [0.15, 0.2) is 182 Å². The van der Waals surface area contributed by atoms with Crippen LogP contribution in [0.3, 0.4) is 0 Å². The number of nitrogens with zero attached hydrogens (tertiary/aromatic N) is 4. The van der Waals surface area contributed by atoms with Crippen molar-refractivity contribution in [3.63, 3.8) is 0 Å². The molecular formula is C64H60N4OPt-2. The number of para-hydroxylation sites is 1. The molecule has 70 heavy (non-hydrogen) atoms. The molecule has 0 radical (unpaired) electrons. The minimum atomic E-state index is -0.281. The monoisotopic (exact) mass is 1100 g/mol. The minimum absolute atomic E-state index is 0. The van der Waals surface area contributed by atoms with Crippen molar-refractivity contribution in [3.8, 4) is 39.8 Å². The number of ether oxygens (including phenoxy) is 1. The second-order valence-electron chi connectivity index (χ2n) is 21.4. The summed E-state index contributed by atoms with van der Waals surface area (Å²) in [4.78, 5) is 4.99. The number of rotatable bonds is 10. The normalized spacial score (nSPS) is 12.3. The Hall–Kier alpha value is -6.81. The van der Waals surface area contributed by atoms with Crippen molar-refractivity contribution in [1.29, 1.82) is 0 Å². The molecule has 0 unspecified atom stereocenters. The van der Waals surface area contributed by atoms with Gasteiger partial charge in [-0.05, 0) is 80.1 Å². The van der Waals surface area contributed by atoms with E-state index in [1.807, 2.05) is 12.3 Å². The summed E-state index contributed by atoms with van der Waals surface area (Å²) < 4.78 is 13.7. The van der Waals surface area contributed by atoms with Gasteiger partial charge in [0.15, 0.2) is 0 Å². The summed E-state index contributed by atoms with van der Waals surface area (Å²) in [5.74, 6) is 1.98. The molecule has 0 atom stereocenters. The van der Waals surface area contributed by atoms with E-state index >= 15 is 0 Å². The molecule has 0 amide bonds. The van der Waals surface area contributed by atoms with Crippen LogP contribution < -0.4 is 9.30 Å². The topological polar surface area (TPSA) is 35.9 Å². The summed E-state index contributed by atoms with van der Waals surface area (Å²) >= 11 is 0. The molecule has 0 aliphatic carbocycles. The van der Waals surface area contributed by atoms with Crippen molar-refractivity contribution >= 4 is 21.8 Å². The Morgan fingerprint density at radius 3 is 1.74 bits per heavy atom. The first-order valence-corrected chi connectivity index (χ1v) is 24.0. The number of fused-ring (bicyclic) bond motifs is 3. The Morgan fingerprint density at radius 1 is 0.500 bits per heavy atom. The smallest absolute Gasteiger partial charge is 0.267 e. The van der Waals surface area contributed by atoms with E-state index < -0.39 is 0 Å². The summed E-state index contributed by atoms with van der Waals surface area (Å²) in [6.07, 6.45) is 5.82. The predicted molar refractivity (Wildman–Crippen MR) is 282 cm³/mol. The van der Waals surface area contributed by atoms with E-state index in [1.165, 1.54) is 27.9 Å². The Labute approximate surface area is 428 Å². The molecule has 0 N–H and O–H groups in total. The first-order chi connectivity index (χ1) is 33.0. The van der Waals surface area contributed by atoms with Gasteiger partial charge in [0.1, 0.15) is 5.82 Å². The molecule has 3 aromatic heterocycles. The predicted octanol–water partition coefficient (Wildman–Crippen LogP) is 15.4. The van der Waals surface area contributed by atoms with Gasteiger partial charge in [-0.15, -0.1) is 35.2 Å². The van der Waals surface area contributed by atoms with E-state index in [-0.39, 0.29) is 42.7 Å². The molecular weight excluding hydrogens is 1040 g/mol. The fourth-order valence-corrected chi connectivity index (χ4v) is 9.95. The van der Waals surface area contributed by atoms with Crippen LogP contribution in [-0.2, 0) is 42.7 Å². The molecule has 354 valence electrons. The van der Waals surface area contributed by atoms with Gasteiger partial charge in [0.25, 0.3) is 6.33 Å². The van der Waals surface area contributed by atoms with E-state index in [0.29, 0.717) is 11.5 Å². The standard InChI is InChI=1S/C64H60N4O.Pt/c1-61(2,3)59-60(62(4,5)6)67(43-66(59)50-30-22-29-48(39-50)63(7,8)46-25-16-12-17-26-46)51-37-45(44-23-14-11-15-24-44)38-53(41-51)69-52-33-34-55-54-31-20-21-32-56(54)68(57(55)42-52)58-40-49(35-36-65-58)64(9,10)47-27-18-13-19-28-47;/h11-40H,1-10H3;/q-2;. The van der Waals surface area contributed by atoms with Crippen LogP contribution in [0.25, 0.3) is 50.1 Å². The molecule has 0 saturated carbocycles. The van der Waals surface area contributed by atoms with Crippen molar-refractivity contribution in [1.82, 2.24) is 14.1 Å². The van der Waals surface area contributed by atoms with Crippen molar-refractivity contribution in [2.24, 2.45) is 0 Å². The zero-order valence-corrected chi connectivity index (χ0v) is 44.1. The van der Waals surface area contributed by atoms with E-state index in [9.17, 15) is 0 Å². The minimum Gasteiger partial charge on any atom is -0.510 e. The van der Waals surface area contributed by atoms with Crippen LogP contribution in [0.1, 0.15) is 103 Å². The third kappa shape index (κ3) is 8.97. The molecule has 0 aliphatic heterocycles. The Bertz CT molecular complexity index is 3480. The number of hydrogen-bond acceptors (Lipinski definition) is 2. The van der Waals surface area contributed by atoms with Crippen molar-refractivity contribution < 1.29 is 30.4 Å². The van der Waals surface area contributed by atoms with Gasteiger partial charge in [-0.3, -0.25) is 4.57 Å². The molecule has 10 rings (SSSR count). The molecule has 3 heterocycles. The third-order valence-electron chi connectivity index (χ3n) is 13.8. The van der Waals surface area contributed by atoms with Crippen LogP contribution in [0.2, 0.25) is 0 Å². The first-order valence-electron chi connectivity index (χ1n) is 24.0. The molecule has 7 aromatic carbocycles. The van der Waals surface area contributed by atoms with E-state index in [2.05, 4.69) is 271 Å². The molecule has 0 aliphatic rings. The average molecular weight is 1100 g/mol. The second kappa shape index (κ2) is 18.5. The molecule has 0 bridgehead atoms. The number of hydrogen-bond donors (Lipinski definition) is 0. The Kier molecular flexibility index (Phi) is 12.7. The van der Waals surface area contributed by atoms with E-state index in [0.717, 1.165) is 55.8 Å². The quantitative estimate of drug-likeness (QED) is 0.101. The number of aromatic nitrogens is 4. The zero-order valence-electron chi connectivity index (χ0n) is 41.8. The Morgan fingerprint density at radius 2 is 1.10 bits per heavy atom. The van der Waals surface area contributed by atoms with Gasteiger partial charge in [0, 0.05) is 55.1 Å². The molecule has 0 saturated heterocycles. The molecule has 6 heteroatoms. The van der Waals surface area contributed by atoms with Crippen LogP contribution in [0.5, 0.6) is 11.5 Å². The van der Waals surface area contributed by atoms with Gasteiger partial charge >= 0.3 is 0 Å². The summed E-state index contributed by atoms with van der Waals surface area (Å²) in [5, 5.41) is 2.20. The zero-order chi connectivity index (χ0) is 48.3. The van der Waals surface area contributed by atoms with Gasteiger partial charge in [-0.25, -0.2) is 4.98 Å². The Balaban J connectivity index is 0.00000608. The van der Waals surface area contributed by atoms with E-state index in [4.69, 9.17) is 9.72 Å². The van der Waals surface area contributed by atoms with Crippen LogP contribution in [0.4, 0.5) is 0 Å². The third-order valence-corrected chi connectivity index (χ3v) is 13.8. The molecule has 0 spiro atoms. The van der Waals surface area contributed by atoms with Gasteiger partial charge in [-0.2, -0.15) is 12.1 Å². The van der Waals surface area contributed by atoms with Gasteiger partial charge < -0.3 is 13.9 Å². The average Bonchev–Trinajstić information content (AvgIpc) is 3.93. The fourth-order valence-electron chi connectivity index (χ4n) is 9.95. The SMILES string of the molecule is CC(C)(C)c1c(C(C)(C)C)[n+](-c2cccc(C(C)(C)c3ccccc3)c2)[c-]n1-c1[c-]c(Oc2[c-]c3c(cc2)c2ccccc2n3-c2cc(C(C)(C)c3ccccc3)ccn2)cc(-c2ccccc2)c1.[Pt]. The van der Waals surface area contributed by atoms with Gasteiger partial charge in [0.2, 0.25) is 0 Å². The number of benzene rings is 7. The maximum atomic E-state index is 6.96. The largest absolute Gasteiger partial charge is 0.510 e. The van der Waals surface area contributed by atoms with Crippen molar-refractivity contribution in [2.75, 3.05) is 0 Å². The van der Waals surface area contributed by atoms with Gasteiger partial charge in [0.05, 0.1) is 17.1 Å². The number of imidazole rings is 1. The summed E-state index contributed by atoms with van der Waals surface area (Å²) in [7, 11) is 0. The molecule has 5 nitrogen and oxygen atoms in total. The fraction of sp³-hybridized carbons (Fsp3) is 0.219. The van der Waals surface area contributed by atoms with Crippen molar-refractivity contribution in [2.45, 2.75) is 90.9 Å². The molecule has 10 aromatic rings. The van der Waals surface area contributed by atoms with Crippen LogP contribution in [0, 0.1) is 18.5 Å². The summed E-state index contributed by atoms with van der Waals surface area (Å²) in [6.45, 7) is 22.9. The first kappa shape index (κ1) is 48.2. The summed E-state index contributed by atoms with van der Waals surface area (Å²) in [6, 6.07) is 69.6. The summed E-state index contributed by atoms with van der Waals surface area (Å²) in [5.41, 5.74) is 12.2. The van der Waals surface area contributed by atoms with Crippen molar-refractivity contribution in [3.05, 3.63) is 234 Å². The number of pyridine rings is 1. The maximum Gasteiger partial charge on any atom is 0.267 e. The van der Waals surface area contributed by atoms with Crippen LogP contribution in [-0.4, -0.2) is 14.1 Å². The van der Waals surface area contributed by atoms with Crippen LogP contribution >= 0.6 is 0 Å². The second-order valence-corrected chi connectivity index (χ2v) is 21.4. The molecule has 0 fully saturated rings.